The molecular formula is C31H39ClN2O6S. The monoisotopic (exact) mass is 602 g/mol. The van der Waals surface area contributed by atoms with E-state index in [9.17, 15) is 13.2 Å². The van der Waals surface area contributed by atoms with E-state index in [2.05, 4.69) is 16.5 Å². The van der Waals surface area contributed by atoms with Crippen molar-refractivity contribution in [2.75, 3.05) is 30.3 Å². The maximum atomic E-state index is 13.2. The van der Waals surface area contributed by atoms with Crippen molar-refractivity contribution in [3.8, 4) is 5.75 Å². The quantitative estimate of drug-likeness (QED) is 0.448. The number of anilines is 1. The summed E-state index contributed by atoms with van der Waals surface area (Å²) in [6.45, 7) is 4.11. The Hall–Kier alpha value is -2.33. The van der Waals surface area contributed by atoms with Gasteiger partial charge in [-0.15, -0.1) is 0 Å². The van der Waals surface area contributed by atoms with Crippen LogP contribution in [0.3, 0.4) is 0 Å². The van der Waals surface area contributed by atoms with Gasteiger partial charge in [-0.1, -0.05) is 17.7 Å². The number of carbonyl (C=O) groups is 1. The fraction of sp³-hybridized carbons (Fsp3) is 0.581. The zero-order chi connectivity index (χ0) is 28.6. The third kappa shape index (κ3) is 6.69. The Morgan fingerprint density at radius 3 is 2.76 bits per heavy atom. The predicted molar refractivity (Wildman–Crippen MR) is 158 cm³/mol. The molecule has 1 saturated heterocycles. The summed E-state index contributed by atoms with van der Waals surface area (Å²) in [5.74, 6) is 0.632. The second-order valence-electron chi connectivity index (χ2n) is 12.0. The highest BCUT2D eigenvalue weighted by atomic mass is 35.5. The van der Waals surface area contributed by atoms with Gasteiger partial charge in [0.2, 0.25) is 10.0 Å². The smallest absolute Gasteiger partial charge is 0.264 e. The topological polar surface area (TPSA) is 94.2 Å². The summed E-state index contributed by atoms with van der Waals surface area (Å²) in [6.07, 6.45) is 6.71. The average Bonchev–Trinajstić information content (AvgIpc) is 2.93. The van der Waals surface area contributed by atoms with E-state index in [4.69, 9.17) is 25.8 Å². The summed E-state index contributed by atoms with van der Waals surface area (Å²) in [5.41, 5.74) is 3.40. The average molecular weight is 603 g/mol. The molecule has 8 nitrogen and oxygen atoms in total. The number of amides is 1. The minimum Gasteiger partial charge on any atom is -0.487 e. The molecule has 4 bridgehead atoms. The Labute approximate surface area is 247 Å². The molecule has 41 heavy (non-hydrogen) atoms. The molecule has 3 heterocycles. The molecule has 0 radical (unpaired) electrons. The van der Waals surface area contributed by atoms with Crippen LogP contribution in [0, 0.1) is 11.8 Å². The van der Waals surface area contributed by atoms with Crippen LogP contribution in [0.1, 0.15) is 66.9 Å². The first-order chi connectivity index (χ1) is 19.7. The minimum absolute atomic E-state index is 0.0410. The largest absolute Gasteiger partial charge is 0.487 e. The number of halogens is 1. The number of ether oxygens (including phenoxy) is 3. The summed E-state index contributed by atoms with van der Waals surface area (Å²) in [6, 6.07) is 11.1. The highest BCUT2D eigenvalue weighted by Crippen LogP contribution is 2.44. The van der Waals surface area contributed by atoms with Crippen molar-refractivity contribution in [3.05, 3.63) is 58.1 Å². The van der Waals surface area contributed by atoms with Crippen molar-refractivity contribution in [3.63, 3.8) is 0 Å². The molecule has 0 aromatic heterocycles. The molecule has 5 atom stereocenters. The summed E-state index contributed by atoms with van der Waals surface area (Å²) < 4.78 is 46.7. The van der Waals surface area contributed by atoms with Gasteiger partial charge in [-0.3, -0.25) is 4.79 Å². The van der Waals surface area contributed by atoms with Gasteiger partial charge in [-0.25, -0.2) is 13.1 Å². The molecule has 2 aromatic carbocycles. The first-order valence-electron chi connectivity index (χ1n) is 14.8. The van der Waals surface area contributed by atoms with Crippen molar-refractivity contribution < 1.29 is 27.4 Å². The van der Waals surface area contributed by atoms with Crippen LogP contribution in [-0.2, 0) is 32.5 Å². The van der Waals surface area contributed by atoms with E-state index in [-0.39, 0.29) is 36.2 Å². The van der Waals surface area contributed by atoms with Gasteiger partial charge in [0, 0.05) is 30.1 Å². The summed E-state index contributed by atoms with van der Waals surface area (Å²) >= 11 is 6.32. The molecule has 1 saturated carbocycles. The SMILES string of the molecule is C[C@H]1C[C@@H]2C[C@H](O1)[C@@H]1CC[C@H]1CN1CCCCc3cc(Cl)ccc3COc3ccc(cc31)C(=O)NS(=O)(=O)CCO2. The van der Waals surface area contributed by atoms with E-state index in [0.717, 1.165) is 74.3 Å². The van der Waals surface area contributed by atoms with Crippen molar-refractivity contribution in [1.29, 1.82) is 0 Å². The van der Waals surface area contributed by atoms with Crippen LogP contribution in [0.2, 0.25) is 5.02 Å². The van der Waals surface area contributed by atoms with Gasteiger partial charge in [0.1, 0.15) is 12.4 Å². The number of benzene rings is 2. The van der Waals surface area contributed by atoms with Gasteiger partial charge < -0.3 is 19.1 Å². The summed E-state index contributed by atoms with van der Waals surface area (Å²) in [5, 5.41) is 0.720. The number of rotatable bonds is 0. The summed E-state index contributed by atoms with van der Waals surface area (Å²) in [4.78, 5) is 15.5. The van der Waals surface area contributed by atoms with Crippen molar-refractivity contribution in [2.45, 2.75) is 76.8 Å². The molecule has 222 valence electrons. The Bertz CT molecular complexity index is 1380. The standard InChI is InChI=1S/C31H39ClN2O6S/c1-20-14-26-17-30(40-20)27-9-6-23(27)18-34-11-3-2-4-21-15-25(32)8-5-24(21)19-39-29-10-7-22(16-28(29)34)31(35)33-41(36,37)13-12-38-26/h5,7-8,10,15-16,20,23,26-27,30H,2-4,6,9,11-14,17-19H2,1H3,(H,33,35)/t20-,23-,26+,27+,30-/m0/s1. The Morgan fingerprint density at radius 2 is 1.93 bits per heavy atom. The molecule has 10 heteroatoms. The number of carbonyl (C=O) groups excluding carboxylic acids is 1. The molecule has 3 aliphatic heterocycles. The van der Waals surface area contributed by atoms with Crippen molar-refractivity contribution in [1.82, 2.24) is 4.72 Å². The number of aryl methyl sites for hydroxylation is 1. The van der Waals surface area contributed by atoms with Crippen LogP contribution in [0.5, 0.6) is 5.75 Å². The lowest BCUT2D eigenvalue weighted by Crippen LogP contribution is -2.49. The van der Waals surface area contributed by atoms with Gasteiger partial charge in [-0.05, 0) is 98.7 Å². The first kappa shape index (κ1) is 28.8. The number of nitrogens with one attached hydrogen (secondary N) is 1. The molecule has 6 rings (SSSR count). The Kier molecular flexibility index (Phi) is 8.50. The zero-order valence-electron chi connectivity index (χ0n) is 23.5. The van der Waals surface area contributed by atoms with Gasteiger partial charge >= 0.3 is 0 Å². The van der Waals surface area contributed by atoms with E-state index in [1.54, 1.807) is 18.2 Å². The van der Waals surface area contributed by atoms with Crippen LogP contribution in [0.4, 0.5) is 5.69 Å². The van der Waals surface area contributed by atoms with Crippen LogP contribution in [0.15, 0.2) is 36.4 Å². The molecule has 0 spiro atoms. The molecular weight excluding hydrogens is 564 g/mol. The maximum Gasteiger partial charge on any atom is 0.264 e. The van der Waals surface area contributed by atoms with Gasteiger partial charge in [-0.2, -0.15) is 0 Å². The molecule has 0 unspecified atom stereocenters. The Balaban J connectivity index is 1.36. The third-order valence-electron chi connectivity index (χ3n) is 9.10. The van der Waals surface area contributed by atoms with Crippen LogP contribution < -0.4 is 14.4 Å². The summed E-state index contributed by atoms with van der Waals surface area (Å²) in [7, 11) is -3.87. The Morgan fingerprint density at radius 1 is 1.05 bits per heavy atom. The van der Waals surface area contributed by atoms with E-state index in [0.29, 0.717) is 24.2 Å². The number of hydrogen-bond donors (Lipinski definition) is 1. The third-order valence-corrected chi connectivity index (χ3v) is 10.5. The van der Waals surface area contributed by atoms with Crippen LogP contribution in [0.25, 0.3) is 0 Å². The van der Waals surface area contributed by atoms with Crippen molar-refractivity contribution in [2.24, 2.45) is 11.8 Å². The van der Waals surface area contributed by atoms with E-state index < -0.39 is 15.9 Å². The van der Waals surface area contributed by atoms with Gasteiger partial charge in [0.15, 0.2) is 0 Å². The lowest BCUT2D eigenvalue weighted by molar-refractivity contribution is -0.146. The minimum atomic E-state index is -3.87. The maximum absolute atomic E-state index is 13.2. The lowest BCUT2D eigenvalue weighted by Gasteiger charge is -2.47. The molecule has 4 aliphatic rings. The second kappa shape index (κ2) is 12.1. The highest BCUT2D eigenvalue weighted by molar-refractivity contribution is 7.90. The van der Waals surface area contributed by atoms with E-state index in [1.807, 2.05) is 18.2 Å². The fourth-order valence-corrected chi connectivity index (χ4v) is 7.81. The zero-order valence-corrected chi connectivity index (χ0v) is 25.1. The van der Waals surface area contributed by atoms with Crippen LogP contribution >= 0.6 is 11.6 Å². The fourth-order valence-electron chi connectivity index (χ4n) is 6.80. The second-order valence-corrected chi connectivity index (χ2v) is 14.3. The molecule has 1 N–H and O–H groups in total. The van der Waals surface area contributed by atoms with E-state index >= 15 is 0 Å². The predicted octanol–water partition coefficient (Wildman–Crippen LogP) is 5.11. The number of nitrogens with zero attached hydrogens (tertiary/aromatic N) is 1. The molecule has 1 aliphatic carbocycles. The number of hydrogen-bond acceptors (Lipinski definition) is 7. The lowest BCUT2D eigenvalue weighted by atomic mass is 9.68. The number of fused-ring (bicyclic) bond motifs is 6. The molecule has 2 fully saturated rings. The highest BCUT2D eigenvalue weighted by Gasteiger charge is 2.42. The normalized spacial score (nSPS) is 30.3. The molecule has 2 aromatic rings. The molecule has 1 amide bonds. The van der Waals surface area contributed by atoms with Crippen molar-refractivity contribution >= 4 is 33.2 Å². The van der Waals surface area contributed by atoms with Gasteiger partial charge in [0.25, 0.3) is 5.91 Å². The van der Waals surface area contributed by atoms with E-state index in [1.165, 1.54) is 5.56 Å². The van der Waals surface area contributed by atoms with Gasteiger partial charge in [0.05, 0.1) is 36.4 Å². The number of sulfonamides is 1. The first-order valence-corrected chi connectivity index (χ1v) is 16.9. The van der Waals surface area contributed by atoms with Crippen LogP contribution in [-0.4, -0.2) is 58.1 Å².